The highest BCUT2D eigenvalue weighted by Crippen LogP contribution is 2.41. The molecule has 2 rings (SSSR count). The van der Waals surface area contributed by atoms with Crippen LogP contribution in [-0.4, -0.2) is 10.0 Å². The lowest BCUT2D eigenvalue weighted by atomic mass is 10.2. The Morgan fingerprint density at radius 1 is 1.45 bits per heavy atom. The SMILES string of the molecule is C[C@H](O)c1cc([N+](=O)[O-])c(SCc2ccc(Cl)cc2)s1. The average molecular weight is 330 g/mol. The number of halogens is 1. The van der Waals surface area contributed by atoms with Crippen molar-refractivity contribution in [1.82, 2.24) is 0 Å². The van der Waals surface area contributed by atoms with E-state index < -0.39 is 11.0 Å². The maximum absolute atomic E-state index is 11.0. The van der Waals surface area contributed by atoms with E-state index in [9.17, 15) is 15.2 Å². The molecule has 0 bridgehead atoms. The minimum atomic E-state index is -0.691. The van der Waals surface area contributed by atoms with E-state index in [1.807, 2.05) is 12.1 Å². The molecule has 0 unspecified atom stereocenters. The van der Waals surface area contributed by atoms with Crippen LogP contribution in [0.25, 0.3) is 0 Å². The Labute approximate surface area is 129 Å². The minimum Gasteiger partial charge on any atom is -0.388 e. The van der Waals surface area contributed by atoms with Crippen molar-refractivity contribution in [2.45, 2.75) is 23.0 Å². The summed E-state index contributed by atoms with van der Waals surface area (Å²) in [6.07, 6.45) is -0.691. The molecule has 0 aliphatic rings. The van der Waals surface area contributed by atoms with Gasteiger partial charge in [0.15, 0.2) is 0 Å². The number of hydrogen-bond acceptors (Lipinski definition) is 5. The van der Waals surface area contributed by atoms with Gasteiger partial charge in [-0.3, -0.25) is 10.1 Å². The third-order valence-corrected chi connectivity index (χ3v) is 5.48. The van der Waals surface area contributed by atoms with Crippen molar-refractivity contribution in [3.63, 3.8) is 0 Å². The number of thiophene rings is 1. The zero-order chi connectivity index (χ0) is 14.7. The Kier molecular flexibility index (Phi) is 5.04. The van der Waals surface area contributed by atoms with E-state index in [2.05, 4.69) is 0 Å². The van der Waals surface area contributed by atoms with Gasteiger partial charge >= 0.3 is 0 Å². The van der Waals surface area contributed by atoms with Crippen molar-refractivity contribution in [2.75, 3.05) is 0 Å². The molecule has 0 radical (unpaired) electrons. The van der Waals surface area contributed by atoms with Crippen molar-refractivity contribution in [3.8, 4) is 0 Å². The fourth-order valence-electron chi connectivity index (χ4n) is 1.55. The third kappa shape index (κ3) is 3.73. The second kappa shape index (κ2) is 6.58. The number of hydrogen-bond donors (Lipinski definition) is 1. The normalized spacial score (nSPS) is 12.3. The smallest absolute Gasteiger partial charge is 0.294 e. The molecule has 1 atom stereocenters. The molecule has 0 saturated carbocycles. The lowest BCUT2D eigenvalue weighted by molar-refractivity contribution is -0.387. The Bertz CT molecular complexity index is 611. The van der Waals surface area contributed by atoms with E-state index in [1.54, 1.807) is 19.1 Å². The molecule has 0 aliphatic carbocycles. The molecular formula is C13H12ClNO3S2. The van der Waals surface area contributed by atoms with Gasteiger partial charge in [-0.2, -0.15) is 0 Å². The Morgan fingerprint density at radius 2 is 2.10 bits per heavy atom. The average Bonchev–Trinajstić information content (AvgIpc) is 2.82. The van der Waals surface area contributed by atoms with Crippen molar-refractivity contribution in [1.29, 1.82) is 0 Å². The standard InChI is InChI=1S/C13H12ClNO3S2/c1-8(16)12-6-11(15(17)18)13(20-12)19-7-9-2-4-10(14)5-3-9/h2-6,8,16H,7H2,1H3/t8-/m0/s1. The zero-order valence-electron chi connectivity index (χ0n) is 10.6. The molecule has 1 N–H and O–H groups in total. The predicted molar refractivity (Wildman–Crippen MR) is 82.6 cm³/mol. The molecule has 2 aromatic rings. The summed E-state index contributed by atoms with van der Waals surface area (Å²) in [6.45, 7) is 1.60. The van der Waals surface area contributed by atoms with E-state index in [0.717, 1.165) is 5.56 Å². The van der Waals surface area contributed by atoms with Crippen LogP contribution in [0.4, 0.5) is 5.69 Å². The molecule has 0 spiro atoms. The highest BCUT2D eigenvalue weighted by molar-refractivity contribution is 8.00. The van der Waals surface area contributed by atoms with Crippen LogP contribution in [0, 0.1) is 10.1 Å². The number of aliphatic hydroxyl groups excluding tert-OH is 1. The highest BCUT2D eigenvalue weighted by Gasteiger charge is 2.21. The van der Waals surface area contributed by atoms with Crippen molar-refractivity contribution in [3.05, 3.63) is 55.9 Å². The molecular weight excluding hydrogens is 318 g/mol. The summed E-state index contributed by atoms with van der Waals surface area (Å²) in [7, 11) is 0. The fourth-order valence-corrected chi connectivity index (χ4v) is 3.94. The Morgan fingerprint density at radius 3 is 2.65 bits per heavy atom. The molecule has 0 fully saturated rings. The van der Waals surface area contributed by atoms with Crippen LogP contribution < -0.4 is 0 Å². The summed E-state index contributed by atoms with van der Waals surface area (Å²) in [5, 5.41) is 21.2. The lowest BCUT2D eigenvalue weighted by Crippen LogP contribution is -1.88. The van der Waals surface area contributed by atoms with Gasteiger partial charge in [0.05, 0.1) is 11.0 Å². The summed E-state index contributed by atoms with van der Waals surface area (Å²) in [5.41, 5.74) is 1.10. The van der Waals surface area contributed by atoms with Gasteiger partial charge in [-0.15, -0.1) is 23.1 Å². The summed E-state index contributed by atoms with van der Waals surface area (Å²) < 4.78 is 0.612. The highest BCUT2D eigenvalue weighted by atomic mass is 35.5. The lowest BCUT2D eigenvalue weighted by Gasteiger charge is -2.00. The van der Waals surface area contributed by atoms with Gasteiger partial charge in [-0.1, -0.05) is 23.7 Å². The molecule has 0 amide bonds. The van der Waals surface area contributed by atoms with Gasteiger partial charge in [0.25, 0.3) is 5.69 Å². The minimum absolute atomic E-state index is 0.0601. The summed E-state index contributed by atoms with van der Waals surface area (Å²) in [4.78, 5) is 11.2. The van der Waals surface area contributed by atoms with Crippen molar-refractivity contribution < 1.29 is 10.0 Å². The first-order valence-corrected chi connectivity index (χ1v) is 7.99. The molecule has 4 nitrogen and oxygen atoms in total. The summed E-state index contributed by atoms with van der Waals surface area (Å²) >= 11 is 8.47. The Balaban J connectivity index is 2.15. The van der Waals surface area contributed by atoms with Gasteiger partial charge in [0.1, 0.15) is 4.21 Å². The number of aliphatic hydroxyl groups is 1. The van der Waals surface area contributed by atoms with Gasteiger partial charge in [0, 0.05) is 21.7 Å². The first-order valence-electron chi connectivity index (χ1n) is 5.81. The summed E-state index contributed by atoms with van der Waals surface area (Å²) in [6, 6.07) is 8.82. The van der Waals surface area contributed by atoms with Crippen LogP contribution in [0.15, 0.2) is 34.5 Å². The summed E-state index contributed by atoms with van der Waals surface area (Å²) in [5.74, 6) is 0.623. The molecule has 1 aromatic heterocycles. The molecule has 7 heteroatoms. The van der Waals surface area contributed by atoms with E-state index in [1.165, 1.54) is 29.2 Å². The van der Waals surface area contributed by atoms with Crippen LogP contribution >= 0.6 is 34.7 Å². The monoisotopic (exact) mass is 329 g/mol. The molecule has 20 heavy (non-hydrogen) atoms. The first-order chi connectivity index (χ1) is 9.47. The van der Waals surface area contributed by atoms with Gasteiger partial charge < -0.3 is 5.11 Å². The number of rotatable bonds is 5. The van der Waals surface area contributed by atoms with Crippen LogP contribution in [0.3, 0.4) is 0 Å². The van der Waals surface area contributed by atoms with Crippen molar-refractivity contribution >= 4 is 40.4 Å². The second-order valence-corrected chi connectivity index (χ2v) is 6.93. The van der Waals surface area contributed by atoms with Crippen LogP contribution in [-0.2, 0) is 5.75 Å². The topological polar surface area (TPSA) is 63.4 Å². The second-order valence-electron chi connectivity index (χ2n) is 4.17. The van der Waals surface area contributed by atoms with Crippen molar-refractivity contribution in [2.24, 2.45) is 0 Å². The molecule has 0 saturated heterocycles. The first kappa shape index (κ1) is 15.3. The quantitative estimate of drug-likeness (QED) is 0.492. The molecule has 106 valence electrons. The van der Waals surface area contributed by atoms with Crippen LogP contribution in [0.1, 0.15) is 23.5 Å². The predicted octanol–water partition coefficient (Wildman–Crippen LogP) is 4.66. The largest absolute Gasteiger partial charge is 0.388 e. The molecule has 1 heterocycles. The maximum atomic E-state index is 11.0. The van der Waals surface area contributed by atoms with Crippen LogP contribution in [0.5, 0.6) is 0 Å². The van der Waals surface area contributed by atoms with Gasteiger partial charge in [-0.25, -0.2) is 0 Å². The zero-order valence-corrected chi connectivity index (χ0v) is 13.0. The number of benzene rings is 1. The Hall–Kier alpha value is -1.08. The van der Waals surface area contributed by atoms with Gasteiger partial charge in [0.2, 0.25) is 0 Å². The number of nitro groups is 1. The van der Waals surface area contributed by atoms with E-state index in [0.29, 0.717) is 19.9 Å². The fraction of sp³-hybridized carbons (Fsp3) is 0.231. The van der Waals surface area contributed by atoms with Crippen LogP contribution in [0.2, 0.25) is 5.02 Å². The van der Waals surface area contributed by atoms with Gasteiger partial charge in [-0.05, 0) is 24.6 Å². The van der Waals surface area contributed by atoms with E-state index in [4.69, 9.17) is 11.6 Å². The van der Waals surface area contributed by atoms with E-state index in [-0.39, 0.29) is 5.69 Å². The van der Waals surface area contributed by atoms with E-state index >= 15 is 0 Å². The maximum Gasteiger partial charge on any atom is 0.294 e. The molecule has 0 aliphatic heterocycles. The third-order valence-electron chi connectivity index (χ3n) is 2.59. The molecule has 1 aromatic carbocycles. The number of thioether (sulfide) groups is 1. The number of nitrogens with zero attached hydrogens (tertiary/aromatic N) is 1.